The fourth-order valence-electron chi connectivity index (χ4n) is 0. The fraction of sp³-hybridized carbons (Fsp3) is 0. The van der Waals surface area contributed by atoms with Crippen molar-refractivity contribution in [1.29, 1.82) is 0 Å². The molecule has 34 valence electrons. The second-order valence-electron chi connectivity index (χ2n) is 0.101. The monoisotopic (exact) mass is 464 g/mol. The van der Waals surface area contributed by atoms with E-state index in [-0.39, 0.29) is 70.2 Å². The molecule has 0 saturated heterocycles. The normalized spacial score (nSPS) is 2.29. The standard InChI is InChI=1S/Bi.Ca.2FH.HI.K.Li.4H/h;;3*1H;;;;;;/q+1;+2;;;;;;;;;/p-3. The van der Waals surface area contributed by atoms with Gasteiger partial charge in [-0.3, -0.25) is 0 Å². The Bertz CT molecular complexity index is 17.7. The van der Waals surface area contributed by atoms with Crippen LogP contribution in [0.4, 0.5) is 2.73 Å². The van der Waals surface area contributed by atoms with Crippen LogP contribution < -0.4 is 0 Å². The van der Waals surface area contributed by atoms with Crippen LogP contribution in [0, 0.1) is 0 Å². The van der Waals surface area contributed by atoms with Gasteiger partial charge in [0.15, 0.2) is 0 Å². The van der Waals surface area contributed by atoms with E-state index in [0.717, 1.165) is 20.5 Å². The minimum absolute atomic E-state index is 0. The van der Waals surface area contributed by atoms with Gasteiger partial charge in [0.05, 0.1) is 0 Å². The van der Waals surface area contributed by atoms with E-state index in [1.165, 1.54) is 0 Å². The third-order valence-corrected chi connectivity index (χ3v) is 0. The van der Waals surface area contributed by atoms with E-state index < -0.39 is 35.4 Å². The fourth-order valence-corrected chi connectivity index (χ4v) is 0. The van der Waals surface area contributed by atoms with E-state index in [1.807, 2.05) is 0 Å². The van der Waals surface area contributed by atoms with Gasteiger partial charge < -0.3 is 0 Å². The topological polar surface area (TPSA) is 0 Å². The van der Waals surface area contributed by atoms with Crippen molar-refractivity contribution in [2.24, 2.45) is 0 Å². The molecule has 0 heterocycles. The van der Waals surface area contributed by atoms with Gasteiger partial charge in [0.2, 0.25) is 0 Å². The van der Waals surface area contributed by atoms with Gasteiger partial charge in [-0.25, -0.2) is 0 Å². The van der Waals surface area contributed by atoms with E-state index in [1.54, 1.807) is 0 Å². The van der Waals surface area contributed by atoms with Crippen LogP contribution in [0.15, 0.2) is 0 Å². The summed E-state index contributed by atoms with van der Waals surface area (Å²) in [5.74, 6) is 0. The van der Waals surface area contributed by atoms with Crippen molar-refractivity contribution in [2.75, 3.05) is 0 Å². The number of hydrogen-bond acceptors (Lipinski definition) is 0. The summed E-state index contributed by atoms with van der Waals surface area (Å²) < 4.78 is 19.6. The van der Waals surface area contributed by atoms with Crippen LogP contribution in [0.3, 0.4) is 0 Å². The Hall–Kier alpha value is 4.97. The van der Waals surface area contributed by atoms with Crippen LogP contribution in [0.2, 0.25) is 0 Å². The molecule has 0 rings (SSSR count). The molecule has 7 heteroatoms. The second-order valence-corrected chi connectivity index (χ2v) is 0.416. The van der Waals surface area contributed by atoms with E-state index in [2.05, 4.69) is 18.0 Å². The Morgan fingerprint density at radius 3 is 1.29 bits per heavy atom. The summed E-state index contributed by atoms with van der Waals surface area (Å²) in [6.45, 7) is 0. The van der Waals surface area contributed by atoms with Crippen LogP contribution in [0.5, 0.6) is 0 Å². The third-order valence-electron chi connectivity index (χ3n) is 0. The van der Waals surface area contributed by atoms with E-state index >= 15 is 0 Å². The van der Waals surface area contributed by atoms with Crippen molar-refractivity contribution in [3.05, 3.63) is 0 Å². The Balaban J connectivity index is -0.0000000105. The Kier molecular flexibility index (Phi) is 99.1. The van der Waals surface area contributed by atoms with E-state index in [4.69, 9.17) is 0 Å². The first-order chi connectivity index (χ1) is 2.41. The molecule has 0 aliphatic carbocycles. The van der Waals surface area contributed by atoms with E-state index in [9.17, 15) is 2.73 Å². The SMILES string of the molecule is [F][Ca][F].[I][BiH2].[KH].[LiH]. The number of hydrogen-bond donors (Lipinski definition) is 0. The van der Waals surface area contributed by atoms with Crippen molar-refractivity contribution in [2.45, 2.75) is 0 Å². The van der Waals surface area contributed by atoms with Gasteiger partial charge in [-0.1, -0.05) is 0 Å². The second kappa shape index (κ2) is 30.6. The van der Waals surface area contributed by atoms with Gasteiger partial charge in [-0.05, 0) is 0 Å². The van der Waals surface area contributed by atoms with Crippen molar-refractivity contribution in [3.8, 4) is 0 Å². The molecule has 0 amide bonds. The Morgan fingerprint density at radius 1 is 1.29 bits per heavy atom. The first-order valence-corrected chi connectivity index (χ1v) is 15.0. The maximum atomic E-state index is 9.81. The third kappa shape index (κ3) is 35.7. The first-order valence-electron chi connectivity index (χ1n) is 0.753. The Labute approximate surface area is 142 Å². The molecular formula is H4BiCaF2IKLi. The van der Waals surface area contributed by atoms with Crippen molar-refractivity contribution < 1.29 is 2.73 Å². The zero-order valence-electron chi connectivity index (χ0n) is 2.42. The summed E-state index contributed by atoms with van der Waals surface area (Å²) in [4.78, 5) is 0. The Morgan fingerprint density at radius 2 is 1.29 bits per heavy atom. The molecule has 0 radical (unpaired) electrons. The van der Waals surface area contributed by atoms with E-state index in [0.29, 0.717) is 0 Å². The summed E-state index contributed by atoms with van der Waals surface area (Å²) >= 11 is 0.578. The molecule has 0 bridgehead atoms. The van der Waals surface area contributed by atoms with Gasteiger partial charge >= 0.3 is 147 Å². The molecule has 0 atom stereocenters. The molecule has 0 unspecified atom stereocenters. The van der Waals surface area contributed by atoms with Gasteiger partial charge in [-0.15, -0.1) is 0 Å². The van der Waals surface area contributed by atoms with Crippen molar-refractivity contribution in [1.82, 2.24) is 0 Å². The van der Waals surface area contributed by atoms with Gasteiger partial charge in [-0.2, -0.15) is 0 Å². The molecule has 0 N–H and O–H groups in total. The number of rotatable bonds is 0. The molecule has 0 saturated carbocycles. The van der Waals surface area contributed by atoms with Gasteiger partial charge in [0.1, 0.15) is 0 Å². The molecule has 0 aliphatic rings. The molecule has 7 heavy (non-hydrogen) atoms. The molecular weight excluding hydrogens is 460 g/mol. The van der Waals surface area contributed by atoms with Gasteiger partial charge in [0.25, 0.3) is 0 Å². The summed E-state index contributed by atoms with van der Waals surface area (Å²) in [5, 5.41) is 0. The van der Waals surface area contributed by atoms with Crippen LogP contribution >= 0.6 is 18.0 Å². The molecule has 0 nitrogen and oxygen atoms in total. The molecule has 0 aromatic carbocycles. The van der Waals surface area contributed by atoms with Crippen LogP contribution in [-0.2, 0) is 0 Å². The predicted octanol–water partition coefficient (Wildman–Crippen LogP) is -0.868. The molecule has 0 aromatic rings. The van der Waals surface area contributed by atoms with Crippen molar-refractivity contribution >= 4 is 144 Å². The molecule has 0 aliphatic heterocycles. The zero-order valence-corrected chi connectivity index (χ0v) is 11.3. The predicted molar refractivity (Wildman–Crippen MR) is 44.8 cm³/mol. The minimum atomic E-state index is -2.88. The number of halogens is 3. The quantitative estimate of drug-likeness (QED) is 0.324. The van der Waals surface area contributed by atoms with Crippen molar-refractivity contribution in [3.63, 3.8) is 0 Å². The van der Waals surface area contributed by atoms with Crippen LogP contribution in [-0.4, -0.2) is 126 Å². The maximum absolute atomic E-state index is 9.81. The summed E-state index contributed by atoms with van der Waals surface area (Å²) in [5.41, 5.74) is 0. The first kappa shape index (κ1) is 22.7. The molecule has 0 fully saturated rings. The van der Waals surface area contributed by atoms with Gasteiger partial charge in [0, 0.05) is 0 Å². The molecule has 0 aromatic heterocycles. The summed E-state index contributed by atoms with van der Waals surface area (Å²) in [6, 6.07) is 0. The average Bonchev–Trinajstić information content (AvgIpc) is 1.46. The van der Waals surface area contributed by atoms with Crippen LogP contribution in [0.25, 0.3) is 0 Å². The average molecular weight is 464 g/mol. The summed E-state index contributed by atoms with van der Waals surface area (Å²) in [7, 11) is 0. The summed E-state index contributed by atoms with van der Waals surface area (Å²) in [6.07, 6.45) is 0. The van der Waals surface area contributed by atoms with Crippen LogP contribution in [0.1, 0.15) is 0 Å². The molecule has 0 spiro atoms. The zero-order chi connectivity index (χ0) is 4.71.